The van der Waals surface area contributed by atoms with Crippen LogP contribution in [-0.2, 0) is 0 Å². The Morgan fingerprint density at radius 3 is 2.68 bits per heavy atom. The monoisotopic (exact) mass is 306 g/mol. The zero-order valence-electron chi connectivity index (χ0n) is 11.6. The van der Waals surface area contributed by atoms with Crippen molar-refractivity contribution >= 4 is 28.2 Å². The van der Waals surface area contributed by atoms with E-state index in [4.69, 9.17) is 10.8 Å². The number of benzene rings is 1. The van der Waals surface area contributed by atoms with E-state index in [0.717, 1.165) is 19.3 Å². The van der Waals surface area contributed by atoms with Crippen molar-refractivity contribution in [3.05, 3.63) is 33.9 Å². The molecule has 0 spiro atoms. The predicted molar refractivity (Wildman–Crippen MR) is 81.0 cm³/mol. The molecule has 0 unspecified atom stereocenters. The van der Waals surface area contributed by atoms with Crippen LogP contribution in [0, 0.1) is 5.82 Å². The minimum Gasteiger partial charge on any atom is -0.477 e. The Labute approximate surface area is 124 Å². The molecular weight excluding hydrogens is 291 g/mol. The lowest BCUT2D eigenvalue weighted by atomic mass is 10.1. The van der Waals surface area contributed by atoms with Crippen molar-refractivity contribution in [1.29, 1.82) is 0 Å². The highest BCUT2D eigenvalue weighted by Crippen LogP contribution is 2.29. The third-order valence-corrected chi connectivity index (χ3v) is 3.80. The van der Waals surface area contributed by atoms with Gasteiger partial charge in [-0.05, 0) is 6.07 Å². The number of piperazine rings is 1. The topological polar surface area (TPSA) is 111 Å². The third-order valence-electron chi connectivity index (χ3n) is 3.80. The number of rotatable bonds is 2. The number of aromatic nitrogens is 1. The first kappa shape index (κ1) is 14.3. The molecule has 0 bridgehead atoms. The number of anilines is 2. The molecule has 0 saturated carbocycles. The highest BCUT2D eigenvalue weighted by Gasteiger charge is 2.22. The van der Waals surface area contributed by atoms with Crippen molar-refractivity contribution in [2.75, 3.05) is 36.8 Å². The molecule has 8 heteroatoms. The molecule has 7 nitrogen and oxygen atoms in total. The Bertz CT molecular complexity index is 812. The normalized spacial score (nSPS) is 15.2. The molecule has 1 fully saturated rings. The van der Waals surface area contributed by atoms with Crippen molar-refractivity contribution in [3.8, 4) is 0 Å². The summed E-state index contributed by atoms with van der Waals surface area (Å²) in [5, 5.41) is 12.0. The molecule has 22 heavy (non-hydrogen) atoms. The number of aromatic amines is 1. The second kappa shape index (κ2) is 5.30. The number of hydrogen-bond donors (Lipinski definition) is 4. The number of aromatic carboxylic acids is 1. The zero-order chi connectivity index (χ0) is 15.9. The Morgan fingerprint density at radius 1 is 1.36 bits per heavy atom. The molecule has 0 atom stereocenters. The van der Waals surface area contributed by atoms with Gasteiger partial charge in [0.2, 0.25) is 5.43 Å². The van der Waals surface area contributed by atoms with Gasteiger partial charge in [0.15, 0.2) is 5.82 Å². The van der Waals surface area contributed by atoms with Gasteiger partial charge in [-0.15, -0.1) is 0 Å². The Balaban J connectivity index is 2.24. The van der Waals surface area contributed by atoms with Crippen LogP contribution in [0.15, 0.2) is 17.1 Å². The molecule has 0 radical (unpaired) electrons. The van der Waals surface area contributed by atoms with Crippen molar-refractivity contribution in [3.63, 3.8) is 0 Å². The van der Waals surface area contributed by atoms with Gasteiger partial charge in [0.1, 0.15) is 5.56 Å². The van der Waals surface area contributed by atoms with Gasteiger partial charge in [-0.1, -0.05) is 0 Å². The number of hydrogen-bond acceptors (Lipinski definition) is 5. The van der Waals surface area contributed by atoms with Gasteiger partial charge in [0, 0.05) is 38.1 Å². The smallest absolute Gasteiger partial charge is 0.341 e. The maximum absolute atomic E-state index is 14.7. The fourth-order valence-corrected chi connectivity index (χ4v) is 2.68. The van der Waals surface area contributed by atoms with E-state index in [2.05, 4.69) is 10.3 Å². The first-order valence-corrected chi connectivity index (χ1v) is 6.83. The van der Waals surface area contributed by atoms with Crippen molar-refractivity contribution < 1.29 is 14.3 Å². The molecule has 0 amide bonds. The molecule has 2 aromatic rings. The molecule has 0 aliphatic carbocycles. The molecule has 1 aliphatic heterocycles. The highest BCUT2D eigenvalue weighted by atomic mass is 19.1. The molecule has 2 heterocycles. The number of carboxylic acids is 1. The number of nitrogens with one attached hydrogen (secondary N) is 2. The van der Waals surface area contributed by atoms with Crippen LogP contribution in [0.4, 0.5) is 15.8 Å². The lowest BCUT2D eigenvalue weighted by molar-refractivity contribution is 0.0695. The van der Waals surface area contributed by atoms with Crippen LogP contribution in [0.1, 0.15) is 10.4 Å². The number of carboxylic acid groups (broad SMARTS) is 1. The van der Waals surface area contributed by atoms with Crippen LogP contribution in [0.2, 0.25) is 0 Å². The first-order valence-electron chi connectivity index (χ1n) is 6.83. The van der Waals surface area contributed by atoms with E-state index in [1.807, 2.05) is 4.90 Å². The molecule has 1 aromatic heterocycles. The highest BCUT2D eigenvalue weighted by molar-refractivity contribution is 5.98. The summed E-state index contributed by atoms with van der Waals surface area (Å²) in [6.45, 7) is 2.70. The lowest BCUT2D eigenvalue weighted by Gasteiger charge is -2.30. The lowest BCUT2D eigenvalue weighted by Crippen LogP contribution is -2.44. The molecule has 1 aromatic carbocycles. The van der Waals surface area contributed by atoms with E-state index in [-0.39, 0.29) is 16.6 Å². The quantitative estimate of drug-likeness (QED) is 0.596. The van der Waals surface area contributed by atoms with Gasteiger partial charge in [0.05, 0.1) is 16.6 Å². The fourth-order valence-electron chi connectivity index (χ4n) is 2.68. The maximum Gasteiger partial charge on any atom is 0.341 e. The van der Waals surface area contributed by atoms with Crippen LogP contribution >= 0.6 is 0 Å². The average molecular weight is 306 g/mol. The van der Waals surface area contributed by atoms with Gasteiger partial charge in [-0.3, -0.25) is 4.79 Å². The summed E-state index contributed by atoms with van der Waals surface area (Å²) in [5.41, 5.74) is 4.94. The van der Waals surface area contributed by atoms with E-state index < -0.39 is 22.8 Å². The third kappa shape index (κ3) is 2.17. The Morgan fingerprint density at radius 2 is 2.05 bits per heavy atom. The summed E-state index contributed by atoms with van der Waals surface area (Å²) < 4.78 is 14.7. The molecule has 116 valence electrons. The number of fused-ring (bicyclic) bond motifs is 1. The van der Waals surface area contributed by atoms with E-state index in [1.165, 1.54) is 6.07 Å². The Hall–Kier alpha value is -2.61. The SMILES string of the molecule is Nc1cc(N2CCNCC2)c(F)c2[nH]cc(C(=O)O)c(=O)c12. The largest absolute Gasteiger partial charge is 0.477 e. The minimum absolute atomic E-state index is 0.0642. The van der Waals surface area contributed by atoms with Crippen LogP contribution in [0.5, 0.6) is 0 Å². The van der Waals surface area contributed by atoms with Crippen molar-refractivity contribution in [1.82, 2.24) is 10.3 Å². The first-order chi connectivity index (χ1) is 10.5. The zero-order valence-corrected chi connectivity index (χ0v) is 11.6. The van der Waals surface area contributed by atoms with Crippen LogP contribution < -0.4 is 21.4 Å². The van der Waals surface area contributed by atoms with E-state index in [0.29, 0.717) is 18.8 Å². The van der Waals surface area contributed by atoms with Crippen molar-refractivity contribution in [2.45, 2.75) is 0 Å². The van der Waals surface area contributed by atoms with Gasteiger partial charge in [-0.25, -0.2) is 9.18 Å². The summed E-state index contributed by atoms with van der Waals surface area (Å²) in [4.78, 5) is 27.6. The van der Waals surface area contributed by atoms with Crippen LogP contribution in [0.3, 0.4) is 0 Å². The molecular formula is C14H15FN4O3. The summed E-state index contributed by atoms with van der Waals surface area (Å²) >= 11 is 0. The number of pyridine rings is 1. The van der Waals surface area contributed by atoms with Gasteiger partial charge >= 0.3 is 5.97 Å². The number of halogens is 1. The number of H-pyrrole nitrogens is 1. The van der Waals surface area contributed by atoms with Gasteiger partial charge in [-0.2, -0.15) is 0 Å². The van der Waals surface area contributed by atoms with E-state index >= 15 is 0 Å². The second-order valence-electron chi connectivity index (χ2n) is 5.12. The second-order valence-corrected chi connectivity index (χ2v) is 5.12. The average Bonchev–Trinajstić information content (AvgIpc) is 2.51. The maximum atomic E-state index is 14.7. The fraction of sp³-hybridized carbons (Fsp3) is 0.286. The number of nitrogens with zero attached hydrogens (tertiary/aromatic N) is 1. The molecule has 3 rings (SSSR count). The summed E-state index contributed by atoms with van der Waals surface area (Å²) in [7, 11) is 0. The predicted octanol–water partition coefficient (Wildman–Crippen LogP) is 0.357. The minimum atomic E-state index is -1.38. The number of nitrogen functional groups attached to an aromatic ring is 1. The standard InChI is InChI=1S/C14H15FN4O3/c15-11-9(19-3-1-17-2-4-19)5-8(16)10-12(11)18-6-7(13(10)20)14(21)22/h5-6,17H,1-4,16H2,(H,18,20)(H,21,22). The van der Waals surface area contributed by atoms with Gasteiger partial charge < -0.3 is 26.0 Å². The van der Waals surface area contributed by atoms with E-state index in [1.54, 1.807) is 0 Å². The molecule has 5 N–H and O–H groups in total. The van der Waals surface area contributed by atoms with Crippen LogP contribution in [-0.4, -0.2) is 42.2 Å². The van der Waals surface area contributed by atoms with Crippen LogP contribution in [0.25, 0.3) is 10.9 Å². The molecule has 1 saturated heterocycles. The Kier molecular flexibility index (Phi) is 3.45. The summed E-state index contributed by atoms with van der Waals surface area (Å²) in [5.74, 6) is -1.98. The number of nitrogens with two attached hydrogens (primary N) is 1. The van der Waals surface area contributed by atoms with E-state index in [9.17, 15) is 14.0 Å². The molecule has 1 aliphatic rings. The van der Waals surface area contributed by atoms with Gasteiger partial charge in [0.25, 0.3) is 0 Å². The number of carbonyl (C=O) groups is 1. The summed E-state index contributed by atoms with van der Waals surface area (Å²) in [6, 6.07) is 1.39. The van der Waals surface area contributed by atoms with Crippen molar-refractivity contribution in [2.24, 2.45) is 0 Å². The summed E-state index contributed by atoms with van der Waals surface area (Å²) in [6.07, 6.45) is 0.997.